The van der Waals surface area contributed by atoms with E-state index in [9.17, 15) is 9.59 Å². The van der Waals surface area contributed by atoms with E-state index in [-0.39, 0.29) is 0 Å². The van der Waals surface area contributed by atoms with Gasteiger partial charge < -0.3 is 9.47 Å². The lowest BCUT2D eigenvalue weighted by atomic mass is 9.95. The molecule has 0 aliphatic heterocycles. The van der Waals surface area contributed by atoms with Crippen LogP contribution in [0.2, 0.25) is 0 Å². The van der Waals surface area contributed by atoms with Crippen LogP contribution in [0.5, 0.6) is 0 Å². The number of carbonyl (C=O) groups excluding carboxylic acids is 2. The number of hydrogen-bond acceptors (Lipinski definition) is 5. The van der Waals surface area contributed by atoms with Gasteiger partial charge in [0.2, 0.25) is 0 Å². The van der Waals surface area contributed by atoms with E-state index in [0.29, 0.717) is 34.5 Å². The lowest BCUT2D eigenvalue weighted by molar-refractivity contribution is 0.0594. The highest BCUT2D eigenvalue weighted by molar-refractivity contribution is 5.99. The standard InChI is InChI=1S/C14H19NO4/c1-6-7-10-11(13(16)18-4)8(2)15-9(3)12(10)14(17)19-5/h6-7H2,1-5H3. The van der Waals surface area contributed by atoms with Crippen molar-refractivity contribution in [1.29, 1.82) is 0 Å². The van der Waals surface area contributed by atoms with Crippen molar-refractivity contribution < 1.29 is 19.1 Å². The Balaban J connectivity index is 3.62. The van der Waals surface area contributed by atoms with Crippen LogP contribution >= 0.6 is 0 Å². The molecule has 0 radical (unpaired) electrons. The molecular weight excluding hydrogens is 246 g/mol. The molecule has 0 unspecified atom stereocenters. The molecule has 0 bridgehead atoms. The van der Waals surface area contributed by atoms with Crippen LogP contribution in [0.25, 0.3) is 0 Å². The predicted octanol–water partition coefficient (Wildman–Crippen LogP) is 2.22. The fraction of sp³-hybridized carbons (Fsp3) is 0.500. The number of esters is 2. The molecule has 0 aromatic carbocycles. The molecule has 0 aliphatic carbocycles. The molecule has 19 heavy (non-hydrogen) atoms. The maximum atomic E-state index is 11.9. The average Bonchev–Trinajstić information content (AvgIpc) is 2.37. The Labute approximate surface area is 112 Å². The van der Waals surface area contributed by atoms with Crippen LogP contribution < -0.4 is 0 Å². The highest BCUT2D eigenvalue weighted by Gasteiger charge is 2.25. The van der Waals surface area contributed by atoms with Crippen LogP contribution in [0.4, 0.5) is 0 Å². The van der Waals surface area contributed by atoms with Gasteiger partial charge in [-0.15, -0.1) is 0 Å². The normalized spacial score (nSPS) is 10.2. The van der Waals surface area contributed by atoms with E-state index in [1.54, 1.807) is 13.8 Å². The first-order valence-electron chi connectivity index (χ1n) is 6.14. The predicted molar refractivity (Wildman–Crippen MR) is 70.4 cm³/mol. The van der Waals surface area contributed by atoms with Crippen LogP contribution in [-0.2, 0) is 15.9 Å². The van der Waals surface area contributed by atoms with Gasteiger partial charge in [0, 0.05) is 0 Å². The number of aryl methyl sites for hydroxylation is 2. The summed E-state index contributed by atoms with van der Waals surface area (Å²) in [6, 6.07) is 0. The van der Waals surface area contributed by atoms with E-state index >= 15 is 0 Å². The first kappa shape index (κ1) is 15.1. The Morgan fingerprint density at radius 2 is 1.42 bits per heavy atom. The lowest BCUT2D eigenvalue weighted by Crippen LogP contribution is -2.18. The second kappa shape index (κ2) is 6.31. The number of methoxy groups -OCH3 is 2. The molecule has 0 fully saturated rings. The number of ether oxygens (including phenoxy) is 2. The van der Waals surface area contributed by atoms with Crippen molar-refractivity contribution in [2.75, 3.05) is 14.2 Å². The summed E-state index contributed by atoms with van der Waals surface area (Å²) in [5.74, 6) is -0.947. The largest absolute Gasteiger partial charge is 0.465 e. The minimum absolute atomic E-state index is 0.371. The summed E-state index contributed by atoms with van der Waals surface area (Å²) in [6.07, 6.45) is 1.40. The van der Waals surface area contributed by atoms with Crippen molar-refractivity contribution in [3.8, 4) is 0 Å². The number of aromatic nitrogens is 1. The SMILES string of the molecule is CCCc1c(C(=O)OC)c(C)nc(C)c1C(=O)OC. The molecule has 104 valence electrons. The van der Waals surface area contributed by atoms with E-state index in [0.717, 1.165) is 6.42 Å². The molecule has 0 saturated carbocycles. The second-order valence-electron chi connectivity index (χ2n) is 4.24. The molecule has 0 atom stereocenters. The van der Waals surface area contributed by atoms with Gasteiger partial charge in [0.1, 0.15) is 0 Å². The zero-order chi connectivity index (χ0) is 14.6. The highest BCUT2D eigenvalue weighted by atomic mass is 16.5. The first-order valence-corrected chi connectivity index (χ1v) is 6.14. The van der Waals surface area contributed by atoms with Gasteiger partial charge in [0.25, 0.3) is 0 Å². The lowest BCUT2D eigenvalue weighted by Gasteiger charge is -2.15. The van der Waals surface area contributed by atoms with Gasteiger partial charge in [0.05, 0.1) is 36.7 Å². The molecule has 1 aromatic rings. The van der Waals surface area contributed by atoms with Gasteiger partial charge in [-0.25, -0.2) is 9.59 Å². The van der Waals surface area contributed by atoms with Crippen molar-refractivity contribution >= 4 is 11.9 Å². The molecule has 1 rings (SSSR count). The summed E-state index contributed by atoms with van der Waals surface area (Å²) in [4.78, 5) is 28.0. The number of hydrogen-bond donors (Lipinski definition) is 0. The van der Waals surface area contributed by atoms with E-state index in [1.165, 1.54) is 14.2 Å². The molecular formula is C14H19NO4. The Hall–Kier alpha value is -1.91. The second-order valence-corrected chi connectivity index (χ2v) is 4.24. The maximum absolute atomic E-state index is 11.9. The number of carbonyl (C=O) groups is 2. The summed E-state index contributed by atoms with van der Waals surface area (Å²) < 4.78 is 9.56. The van der Waals surface area contributed by atoms with E-state index in [2.05, 4.69) is 4.98 Å². The van der Waals surface area contributed by atoms with Crippen LogP contribution in [0.1, 0.15) is 51.0 Å². The van der Waals surface area contributed by atoms with Crippen LogP contribution in [0.3, 0.4) is 0 Å². The van der Waals surface area contributed by atoms with Gasteiger partial charge in [-0.3, -0.25) is 4.98 Å². The Morgan fingerprint density at radius 3 is 1.74 bits per heavy atom. The van der Waals surface area contributed by atoms with E-state index in [1.807, 2.05) is 6.92 Å². The average molecular weight is 265 g/mol. The monoisotopic (exact) mass is 265 g/mol. The first-order chi connectivity index (χ1) is 8.97. The summed E-state index contributed by atoms with van der Waals surface area (Å²) in [6.45, 7) is 5.45. The van der Waals surface area contributed by atoms with Crippen molar-refractivity contribution in [2.45, 2.75) is 33.6 Å². The summed E-state index contributed by atoms with van der Waals surface area (Å²) in [5.41, 5.74) is 2.54. The van der Waals surface area contributed by atoms with Gasteiger partial charge in [0.15, 0.2) is 0 Å². The van der Waals surface area contributed by atoms with E-state index < -0.39 is 11.9 Å². The van der Waals surface area contributed by atoms with Gasteiger partial charge in [-0.2, -0.15) is 0 Å². The molecule has 0 spiro atoms. The molecule has 5 nitrogen and oxygen atoms in total. The van der Waals surface area contributed by atoms with Gasteiger partial charge in [-0.1, -0.05) is 13.3 Å². The summed E-state index contributed by atoms with van der Waals surface area (Å²) in [5, 5.41) is 0. The fourth-order valence-electron chi connectivity index (χ4n) is 2.17. The Bertz CT molecular complexity index is 468. The minimum Gasteiger partial charge on any atom is -0.465 e. The topological polar surface area (TPSA) is 65.5 Å². The van der Waals surface area contributed by atoms with Crippen molar-refractivity contribution in [2.24, 2.45) is 0 Å². The summed E-state index contributed by atoms with van der Waals surface area (Å²) >= 11 is 0. The fourth-order valence-corrected chi connectivity index (χ4v) is 2.17. The van der Waals surface area contributed by atoms with Crippen molar-refractivity contribution in [3.05, 3.63) is 28.1 Å². The maximum Gasteiger partial charge on any atom is 0.340 e. The van der Waals surface area contributed by atoms with Crippen molar-refractivity contribution in [3.63, 3.8) is 0 Å². The molecule has 0 aliphatic rings. The third-order valence-electron chi connectivity index (χ3n) is 2.94. The van der Waals surface area contributed by atoms with Gasteiger partial charge in [-0.05, 0) is 25.8 Å². The smallest absolute Gasteiger partial charge is 0.340 e. The number of nitrogens with zero attached hydrogens (tertiary/aromatic N) is 1. The van der Waals surface area contributed by atoms with Crippen LogP contribution in [0, 0.1) is 13.8 Å². The molecule has 0 N–H and O–H groups in total. The number of pyridine rings is 1. The third kappa shape index (κ3) is 2.92. The van der Waals surface area contributed by atoms with Crippen LogP contribution in [0.15, 0.2) is 0 Å². The molecule has 5 heteroatoms. The highest BCUT2D eigenvalue weighted by Crippen LogP contribution is 2.23. The Morgan fingerprint density at radius 1 is 1.00 bits per heavy atom. The number of rotatable bonds is 4. The van der Waals surface area contributed by atoms with Crippen molar-refractivity contribution in [1.82, 2.24) is 4.98 Å². The summed E-state index contributed by atoms with van der Waals surface area (Å²) in [7, 11) is 2.63. The Kier molecular flexibility index (Phi) is 5.03. The van der Waals surface area contributed by atoms with Gasteiger partial charge >= 0.3 is 11.9 Å². The molecule has 1 heterocycles. The third-order valence-corrected chi connectivity index (χ3v) is 2.94. The molecule has 0 saturated heterocycles. The minimum atomic E-state index is -0.474. The quantitative estimate of drug-likeness (QED) is 0.781. The van der Waals surface area contributed by atoms with E-state index in [4.69, 9.17) is 9.47 Å². The van der Waals surface area contributed by atoms with Crippen LogP contribution in [-0.4, -0.2) is 31.1 Å². The zero-order valence-electron chi connectivity index (χ0n) is 12.0. The molecule has 1 aromatic heterocycles. The molecule has 0 amide bonds. The zero-order valence-corrected chi connectivity index (χ0v) is 12.0.